The molecule has 0 bridgehead atoms. The fourth-order valence-corrected chi connectivity index (χ4v) is 6.00. The minimum Gasteiger partial charge on any atom is -0.363 e. The number of carbonyl (C=O) groups is 2. The van der Waals surface area contributed by atoms with Crippen LogP contribution in [0.15, 0.2) is 66.9 Å². The highest BCUT2D eigenvalue weighted by Crippen LogP contribution is 2.43. The second-order valence-corrected chi connectivity index (χ2v) is 11.0. The van der Waals surface area contributed by atoms with Gasteiger partial charge in [-0.25, -0.2) is 9.97 Å². The Morgan fingerprint density at radius 3 is 2.70 bits per heavy atom. The number of thiophene rings is 1. The second-order valence-electron chi connectivity index (χ2n) is 9.96. The summed E-state index contributed by atoms with van der Waals surface area (Å²) in [6, 6.07) is 19.5. The van der Waals surface area contributed by atoms with Gasteiger partial charge >= 0.3 is 0 Å². The molecule has 4 aromatic rings. The average molecular weight is 509 g/mol. The Kier molecular flexibility index (Phi) is 6.08. The van der Waals surface area contributed by atoms with Gasteiger partial charge in [-0.2, -0.15) is 0 Å². The summed E-state index contributed by atoms with van der Waals surface area (Å²) in [6.07, 6.45) is 5.45. The molecule has 1 amide bonds. The van der Waals surface area contributed by atoms with E-state index in [0.29, 0.717) is 31.0 Å². The third-order valence-electron chi connectivity index (χ3n) is 7.01. The number of para-hydroxylation sites is 1. The number of amides is 1. The number of rotatable bonds is 6. The number of pyridine rings is 2. The maximum Gasteiger partial charge on any atom is 0.276 e. The van der Waals surface area contributed by atoms with E-state index in [1.54, 1.807) is 23.6 Å². The van der Waals surface area contributed by atoms with Gasteiger partial charge in [0.15, 0.2) is 5.78 Å². The maximum absolute atomic E-state index is 13.8. The number of anilines is 2. The van der Waals surface area contributed by atoms with E-state index in [2.05, 4.69) is 17.1 Å². The average Bonchev–Trinajstić information content (AvgIpc) is 3.67. The molecule has 0 unspecified atom stereocenters. The second kappa shape index (κ2) is 9.56. The lowest BCUT2D eigenvalue weighted by molar-refractivity contribution is 0.0972. The predicted octanol–water partition coefficient (Wildman–Crippen LogP) is 6.12. The van der Waals surface area contributed by atoms with Gasteiger partial charge in [0.05, 0.1) is 16.3 Å². The Morgan fingerprint density at radius 1 is 1.05 bits per heavy atom. The number of ketones is 1. The zero-order chi connectivity index (χ0) is 25.5. The van der Waals surface area contributed by atoms with Crippen molar-refractivity contribution in [2.24, 2.45) is 5.92 Å². The standard InChI is InChI=1S/C30H28N4O2S/c1-33(2)28-18-20(12-14-31-28)23-7-5-8-24(32-23)30(36)34-15-13-21-17-27(26(35)16-19-10-11-19)37-29(21)22-6-3-4-9-25(22)34/h3-9,12,14,17-19H,10-11,13,15-16H2,1-2H3. The summed E-state index contributed by atoms with van der Waals surface area (Å²) in [5.74, 6) is 1.52. The molecule has 2 aliphatic rings. The van der Waals surface area contributed by atoms with Crippen molar-refractivity contribution in [1.82, 2.24) is 9.97 Å². The molecular formula is C30H28N4O2S. The zero-order valence-electron chi connectivity index (χ0n) is 21.0. The fraction of sp³-hybridized carbons (Fsp3) is 0.267. The molecule has 6 nitrogen and oxygen atoms in total. The Bertz CT molecular complexity index is 1500. The lowest BCUT2D eigenvalue weighted by Crippen LogP contribution is -2.33. The molecular weight excluding hydrogens is 480 g/mol. The molecule has 1 fully saturated rings. The Labute approximate surface area is 220 Å². The molecule has 1 aliphatic heterocycles. The number of hydrogen-bond acceptors (Lipinski definition) is 6. The summed E-state index contributed by atoms with van der Waals surface area (Å²) in [6.45, 7) is 0.530. The molecule has 0 saturated heterocycles. The number of Topliss-reactive ketones (excluding diaryl/α,β-unsaturated/α-hetero) is 1. The highest BCUT2D eigenvalue weighted by molar-refractivity contribution is 7.17. The van der Waals surface area contributed by atoms with E-state index in [0.717, 1.165) is 43.6 Å². The molecule has 0 spiro atoms. The van der Waals surface area contributed by atoms with Gasteiger partial charge in [-0.05, 0) is 67.1 Å². The largest absolute Gasteiger partial charge is 0.363 e. The summed E-state index contributed by atoms with van der Waals surface area (Å²) in [4.78, 5) is 41.5. The van der Waals surface area contributed by atoms with Gasteiger partial charge in [0, 0.05) is 49.3 Å². The molecule has 37 heavy (non-hydrogen) atoms. The Balaban J connectivity index is 1.32. The molecule has 6 rings (SSSR count). The van der Waals surface area contributed by atoms with Crippen LogP contribution in [-0.4, -0.2) is 42.3 Å². The first-order valence-corrected chi connectivity index (χ1v) is 13.5. The van der Waals surface area contributed by atoms with Gasteiger partial charge < -0.3 is 9.80 Å². The summed E-state index contributed by atoms with van der Waals surface area (Å²) in [7, 11) is 3.89. The highest BCUT2D eigenvalue weighted by atomic mass is 32.1. The van der Waals surface area contributed by atoms with E-state index in [9.17, 15) is 9.59 Å². The molecule has 186 valence electrons. The van der Waals surface area contributed by atoms with Crippen molar-refractivity contribution >= 4 is 34.5 Å². The van der Waals surface area contributed by atoms with Gasteiger partial charge in [0.1, 0.15) is 11.5 Å². The third kappa shape index (κ3) is 4.67. The SMILES string of the molecule is CN(C)c1cc(-c2cccc(C(=O)N3CCc4cc(C(=O)CC5CC5)sc4-c4ccccc43)n2)ccn1. The lowest BCUT2D eigenvalue weighted by Gasteiger charge is -2.23. The van der Waals surface area contributed by atoms with Gasteiger partial charge in [0.25, 0.3) is 5.91 Å². The quantitative estimate of drug-likeness (QED) is 0.293. The lowest BCUT2D eigenvalue weighted by atomic mass is 10.1. The summed E-state index contributed by atoms with van der Waals surface area (Å²) in [5, 5.41) is 0. The van der Waals surface area contributed by atoms with Crippen LogP contribution in [0.25, 0.3) is 21.7 Å². The molecule has 4 heterocycles. The Hall–Kier alpha value is -3.84. The van der Waals surface area contributed by atoms with Crippen molar-refractivity contribution in [3.05, 3.63) is 83.0 Å². The van der Waals surface area contributed by atoms with Crippen molar-refractivity contribution in [3.63, 3.8) is 0 Å². The van der Waals surface area contributed by atoms with E-state index < -0.39 is 0 Å². The van der Waals surface area contributed by atoms with Crippen LogP contribution < -0.4 is 9.80 Å². The topological polar surface area (TPSA) is 66.4 Å². The minimum atomic E-state index is -0.128. The van der Waals surface area contributed by atoms with Crippen molar-refractivity contribution in [2.75, 3.05) is 30.4 Å². The molecule has 3 aromatic heterocycles. The van der Waals surface area contributed by atoms with Crippen LogP contribution in [0, 0.1) is 5.92 Å². The maximum atomic E-state index is 13.8. The smallest absolute Gasteiger partial charge is 0.276 e. The number of carbonyl (C=O) groups excluding carboxylic acids is 2. The summed E-state index contributed by atoms with van der Waals surface area (Å²) < 4.78 is 0. The molecule has 7 heteroatoms. The fourth-order valence-electron chi connectivity index (χ4n) is 4.80. The van der Waals surface area contributed by atoms with Gasteiger partial charge in [0.2, 0.25) is 0 Å². The van der Waals surface area contributed by atoms with E-state index in [1.807, 2.05) is 66.4 Å². The number of aromatic nitrogens is 2. The Morgan fingerprint density at radius 2 is 1.89 bits per heavy atom. The van der Waals surface area contributed by atoms with E-state index in [4.69, 9.17) is 4.98 Å². The first-order chi connectivity index (χ1) is 18.0. The number of benzene rings is 1. The normalized spacial score (nSPS) is 14.5. The molecule has 0 atom stereocenters. The first kappa shape index (κ1) is 23.6. The van der Waals surface area contributed by atoms with E-state index in [1.165, 1.54) is 12.8 Å². The molecule has 1 aliphatic carbocycles. The van der Waals surface area contributed by atoms with Crippen molar-refractivity contribution in [1.29, 1.82) is 0 Å². The van der Waals surface area contributed by atoms with Gasteiger partial charge in [-0.15, -0.1) is 11.3 Å². The molecule has 0 radical (unpaired) electrons. The van der Waals surface area contributed by atoms with Crippen molar-refractivity contribution in [2.45, 2.75) is 25.7 Å². The number of fused-ring (bicyclic) bond motifs is 3. The third-order valence-corrected chi connectivity index (χ3v) is 8.26. The van der Waals surface area contributed by atoms with Crippen LogP contribution in [0.4, 0.5) is 11.5 Å². The zero-order valence-corrected chi connectivity index (χ0v) is 21.8. The van der Waals surface area contributed by atoms with Crippen LogP contribution in [0.1, 0.15) is 45.0 Å². The van der Waals surface area contributed by atoms with Gasteiger partial charge in [-0.3, -0.25) is 9.59 Å². The highest BCUT2D eigenvalue weighted by Gasteiger charge is 2.30. The van der Waals surface area contributed by atoms with Crippen LogP contribution in [-0.2, 0) is 6.42 Å². The van der Waals surface area contributed by atoms with Crippen molar-refractivity contribution < 1.29 is 9.59 Å². The minimum absolute atomic E-state index is 0.128. The van der Waals surface area contributed by atoms with Crippen LogP contribution in [0.2, 0.25) is 0 Å². The van der Waals surface area contributed by atoms with Crippen LogP contribution in [0.5, 0.6) is 0 Å². The van der Waals surface area contributed by atoms with Crippen LogP contribution >= 0.6 is 11.3 Å². The molecule has 0 N–H and O–H groups in total. The van der Waals surface area contributed by atoms with Gasteiger partial charge in [-0.1, -0.05) is 24.3 Å². The summed E-state index contributed by atoms with van der Waals surface area (Å²) in [5.41, 5.74) is 5.05. The predicted molar refractivity (Wildman–Crippen MR) is 149 cm³/mol. The van der Waals surface area contributed by atoms with E-state index >= 15 is 0 Å². The monoisotopic (exact) mass is 508 g/mol. The van der Waals surface area contributed by atoms with Crippen LogP contribution in [0.3, 0.4) is 0 Å². The summed E-state index contributed by atoms with van der Waals surface area (Å²) >= 11 is 1.57. The van der Waals surface area contributed by atoms with E-state index in [-0.39, 0.29) is 11.7 Å². The molecule has 1 aromatic carbocycles. The van der Waals surface area contributed by atoms with Crippen molar-refractivity contribution in [3.8, 4) is 21.7 Å². The first-order valence-electron chi connectivity index (χ1n) is 12.7. The molecule has 1 saturated carbocycles. The number of hydrogen-bond donors (Lipinski definition) is 0. The number of nitrogens with zero attached hydrogens (tertiary/aromatic N) is 4.